The lowest BCUT2D eigenvalue weighted by Gasteiger charge is -2.22. The minimum absolute atomic E-state index is 0.293. The molecule has 0 radical (unpaired) electrons. The third-order valence-electron chi connectivity index (χ3n) is 1.93. The van der Waals surface area contributed by atoms with E-state index in [-0.39, 0.29) is 6.54 Å². The molecule has 0 spiro atoms. The molecule has 0 bridgehead atoms. The molecular weight excluding hydrogens is 187 g/mol. The molecule has 3 nitrogen and oxygen atoms in total. The lowest BCUT2D eigenvalue weighted by Crippen LogP contribution is -2.36. The van der Waals surface area contributed by atoms with Gasteiger partial charge in [-0.1, -0.05) is 0 Å². The van der Waals surface area contributed by atoms with E-state index >= 15 is 0 Å². The lowest BCUT2D eigenvalue weighted by atomic mass is 9.85. The van der Waals surface area contributed by atoms with Crippen molar-refractivity contribution in [3.05, 3.63) is 0 Å². The van der Waals surface area contributed by atoms with Crippen molar-refractivity contribution in [2.75, 3.05) is 6.54 Å². The summed E-state index contributed by atoms with van der Waals surface area (Å²) in [6.07, 6.45) is -5.93. The van der Waals surface area contributed by atoms with Gasteiger partial charge in [-0.2, -0.15) is 13.2 Å². The van der Waals surface area contributed by atoms with Crippen LogP contribution in [0.15, 0.2) is 0 Å². The van der Waals surface area contributed by atoms with Crippen molar-refractivity contribution in [3.8, 4) is 0 Å². The van der Waals surface area contributed by atoms with Gasteiger partial charge in [0.25, 0.3) is 0 Å². The fourth-order valence-corrected chi connectivity index (χ4v) is 0.714. The summed E-state index contributed by atoms with van der Waals surface area (Å²) in [5, 5.41) is 8.58. The third-order valence-corrected chi connectivity index (χ3v) is 1.93. The monoisotopic (exact) mass is 199 g/mol. The van der Waals surface area contributed by atoms with Crippen molar-refractivity contribution < 1.29 is 23.1 Å². The summed E-state index contributed by atoms with van der Waals surface area (Å²) in [5.74, 6) is -1.29. The number of carboxylic acids is 1. The Morgan fingerprint density at radius 1 is 1.38 bits per heavy atom. The predicted molar refractivity (Wildman–Crippen MR) is 40.1 cm³/mol. The van der Waals surface area contributed by atoms with Gasteiger partial charge in [0.2, 0.25) is 0 Å². The van der Waals surface area contributed by atoms with Crippen molar-refractivity contribution in [2.45, 2.75) is 25.9 Å². The zero-order valence-electron chi connectivity index (χ0n) is 7.19. The standard InChI is InChI=1S/C7H12F3NO2/c1-6(4-11,5(12)13)2-3-7(8,9)10/h2-4,11H2,1H3,(H,12,13). The van der Waals surface area contributed by atoms with Gasteiger partial charge < -0.3 is 10.8 Å². The van der Waals surface area contributed by atoms with Crippen LogP contribution in [-0.2, 0) is 4.79 Å². The Labute approximate surface area is 73.7 Å². The van der Waals surface area contributed by atoms with Gasteiger partial charge in [0.1, 0.15) is 0 Å². The quantitative estimate of drug-likeness (QED) is 0.718. The number of hydrogen-bond donors (Lipinski definition) is 2. The van der Waals surface area contributed by atoms with Crippen LogP contribution in [0.2, 0.25) is 0 Å². The second kappa shape index (κ2) is 3.95. The summed E-state index contributed by atoms with van der Waals surface area (Å²) in [7, 11) is 0. The van der Waals surface area contributed by atoms with Crippen molar-refractivity contribution in [2.24, 2.45) is 11.1 Å². The molecule has 0 aliphatic carbocycles. The van der Waals surface area contributed by atoms with Crippen LogP contribution in [0.3, 0.4) is 0 Å². The minimum atomic E-state index is -4.33. The van der Waals surface area contributed by atoms with Gasteiger partial charge >= 0.3 is 12.1 Å². The van der Waals surface area contributed by atoms with Crippen LogP contribution in [0, 0.1) is 5.41 Å². The average molecular weight is 199 g/mol. The minimum Gasteiger partial charge on any atom is -0.481 e. The predicted octanol–water partition coefficient (Wildman–Crippen LogP) is 1.38. The molecule has 0 aromatic carbocycles. The summed E-state index contributed by atoms with van der Waals surface area (Å²) >= 11 is 0. The Morgan fingerprint density at radius 3 is 2.08 bits per heavy atom. The Balaban J connectivity index is 4.22. The fourth-order valence-electron chi connectivity index (χ4n) is 0.714. The normalized spacial score (nSPS) is 16.7. The van der Waals surface area contributed by atoms with Crippen LogP contribution >= 0.6 is 0 Å². The third kappa shape index (κ3) is 4.12. The number of halogens is 3. The van der Waals surface area contributed by atoms with E-state index in [1.807, 2.05) is 0 Å². The average Bonchev–Trinajstić information content (AvgIpc) is 1.98. The highest BCUT2D eigenvalue weighted by Crippen LogP contribution is 2.30. The largest absolute Gasteiger partial charge is 0.481 e. The number of hydrogen-bond acceptors (Lipinski definition) is 2. The maximum Gasteiger partial charge on any atom is 0.389 e. The van der Waals surface area contributed by atoms with Gasteiger partial charge in [0.15, 0.2) is 0 Å². The Bertz CT molecular complexity index is 193. The van der Waals surface area contributed by atoms with Crippen LogP contribution in [0.25, 0.3) is 0 Å². The smallest absolute Gasteiger partial charge is 0.389 e. The Kier molecular flexibility index (Phi) is 3.71. The Hall–Kier alpha value is -0.780. The van der Waals surface area contributed by atoms with Crippen LogP contribution in [-0.4, -0.2) is 23.8 Å². The highest BCUT2D eigenvalue weighted by Gasteiger charge is 2.37. The van der Waals surface area contributed by atoms with Gasteiger partial charge in [0, 0.05) is 13.0 Å². The molecule has 0 aromatic rings. The van der Waals surface area contributed by atoms with Crippen LogP contribution in [0.5, 0.6) is 0 Å². The van der Waals surface area contributed by atoms with Crippen molar-refractivity contribution in [1.82, 2.24) is 0 Å². The molecule has 0 fully saturated rings. The second-order valence-electron chi connectivity index (χ2n) is 3.19. The van der Waals surface area contributed by atoms with Crippen molar-refractivity contribution >= 4 is 5.97 Å². The first kappa shape index (κ1) is 12.2. The van der Waals surface area contributed by atoms with Crippen LogP contribution in [0.4, 0.5) is 13.2 Å². The topological polar surface area (TPSA) is 63.3 Å². The number of rotatable bonds is 4. The molecule has 6 heteroatoms. The van der Waals surface area contributed by atoms with E-state index < -0.39 is 30.4 Å². The number of nitrogens with two attached hydrogens (primary N) is 1. The summed E-state index contributed by atoms with van der Waals surface area (Å²) in [6.45, 7) is 0.916. The van der Waals surface area contributed by atoms with Gasteiger partial charge in [-0.3, -0.25) is 4.79 Å². The van der Waals surface area contributed by atoms with E-state index in [1.165, 1.54) is 6.92 Å². The fraction of sp³-hybridized carbons (Fsp3) is 0.857. The van der Waals surface area contributed by atoms with Gasteiger partial charge in [-0.25, -0.2) is 0 Å². The molecule has 78 valence electrons. The highest BCUT2D eigenvalue weighted by atomic mass is 19.4. The SMILES string of the molecule is CC(CN)(CCC(F)(F)F)C(=O)O. The molecule has 0 aromatic heterocycles. The van der Waals surface area contributed by atoms with Crippen molar-refractivity contribution in [3.63, 3.8) is 0 Å². The summed E-state index contributed by atoms with van der Waals surface area (Å²) in [5.41, 5.74) is 3.61. The van der Waals surface area contributed by atoms with Gasteiger partial charge in [0.05, 0.1) is 5.41 Å². The van der Waals surface area contributed by atoms with E-state index in [1.54, 1.807) is 0 Å². The van der Waals surface area contributed by atoms with E-state index in [0.717, 1.165) is 0 Å². The first-order valence-electron chi connectivity index (χ1n) is 3.71. The summed E-state index contributed by atoms with van der Waals surface area (Å²) in [4.78, 5) is 10.5. The molecule has 13 heavy (non-hydrogen) atoms. The molecule has 1 unspecified atom stereocenters. The lowest BCUT2D eigenvalue weighted by molar-refractivity contribution is -0.155. The number of carbonyl (C=O) groups is 1. The zero-order valence-corrected chi connectivity index (χ0v) is 7.19. The molecule has 0 heterocycles. The van der Waals surface area contributed by atoms with Gasteiger partial charge in [-0.15, -0.1) is 0 Å². The number of carboxylic acid groups (broad SMARTS) is 1. The van der Waals surface area contributed by atoms with E-state index in [2.05, 4.69) is 0 Å². The maximum absolute atomic E-state index is 11.8. The maximum atomic E-state index is 11.8. The van der Waals surface area contributed by atoms with E-state index in [4.69, 9.17) is 10.8 Å². The van der Waals surface area contributed by atoms with Gasteiger partial charge in [-0.05, 0) is 13.3 Å². The summed E-state index contributed by atoms with van der Waals surface area (Å²) in [6, 6.07) is 0. The molecule has 0 rings (SSSR count). The van der Waals surface area contributed by atoms with Crippen LogP contribution in [0.1, 0.15) is 19.8 Å². The molecule has 1 atom stereocenters. The molecular formula is C7H12F3NO2. The number of aliphatic carboxylic acids is 1. The zero-order chi connectivity index (χ0) is 10.7. The highest BCUT2D eigenvalue weighted by molar-refractivity contribution is 5.74. The molecule has 0 saturated carbocycles. The van der Waals surface area contributed by atoms with E-state index in [9.17, 15) is 18.0 Å². The number of alkyl halides is 3. The van der Waals surface area contributed by atoms with Crippen LogP contribution < -0.4 is 5.73 Å². The first-order chi connectivity index (χ1) is 5.71. The molecule has 0 aliphatic rings. The molecule has 0 amide bonds. The first-order valence-corrected chi connectivity index (χ1v) is 3.71. The molecule has 0 aliphatic heterocycles. The van der Waals surface area contributed by atoms with Crippen molar-refractivity contribution in [1.29, 1.82) is 0 Å². The molecule has 3 N–H and O–H groups in total. The summed E-state index contributed by atoms with van der Waals surface area (Å²) < 4.78 is 35.3. The Morgan fingerprint density at radius 2 is 1.85 bits per heavy atom. The second-order valence-corrected chi connectivity index (χ2v) is 3.19. The van der Waals surface area contributed by atoms with E-state index in [0.29, 0.717) is 0 Å². The molecule has 0 saturated heterocycles.